The first-order valence-corrected chi connectivity index (χ1v) is 9.88. The monoisotopic (exact) mass is 432 g/mol. The van der Waals surface area contributed by atoms with Gasteiger partial charge in [0.05, 0.1) is 5.69 Å². The SMILES string of the molecule is CNc1nc(Cc2ccccc2)nc2c1CCNC[C@@H]2C.O=C(O)C(O)C(O)C(=O)O. The largest absolute Gasteiger partial charge is 0.479 e. The zero-order valence-electron chi connectivity index (χ0n) is 17.4. The minimum atomic E-state index is -2.27. The third kappa shape index (κ3) is 6.71. The molecule has 10 heteroatoms. The Morgan fingerprint density at radius 2 is 1.74 bits per heavy atom. The molecule has 1 aromatic carbocycles. The fourth-order valence-electron chi connectivity index (χ4n) is 3.17. The lowest BCUT2D eigenvalue weighted by Gasteiger charge is -2.16. The molecule has 3 atom stereocenters. The number of hydrogen-bond acceptors (Lipinski definition) is 8. The molecule has 1 aromatic heterocycles. The summed E-state index contributed by atoms with van der Waals surface area (Å²) in [5, 5.41) is 39.2. The zero-order chi connectivity index (χ0) is 23.0. The first kappa shape index (κ1) is 24.2. The molecule has 0 spiro atoms. The van der Waals surface area contributed by atoms with Crippen molar-refractivity contribution >= 4 is 17.8 Å². The zero-order valence-corrected chi connectivity index (χ0v) is 17.4. The van der Waals surface area contributed by atoms with Crippen LogP contribution in [0.2, 0.25) is 0 Å². The molecular formula is C21H28N4O6. The van der Waals surface area contributed by atoms with Crippen molar-refractivity contribution in [2.45, 2.75) is 37.9 Å². The number of fused-ring (bicyclic) bond motifs is 1. The van der Waals surface area contributed by atoms with Gasteiger partial charge >= 0.3 is 11.9 Å². The molecule has 2 unspecified atom stereocenters. The number of aromatic nitrogens is 2. The molecule has 2 aromatic rings. The summed E-state index contributed by atoms with van der Waals surface area (Å²) >= 11 is 0. The highest BCUT2D eigenvalue weighted by atomic mass is 16.4. The molecule has 31 heavy (non-hydrogen) atoms. The van der Waals surface area contributed by atoms with Crippen LogP contribution in [0.25, 0.3) is 0 Å². The first-order valence-electron chi connectivity index (χ1n) is 9.88. The van der Waals surface area contributed by atoms with E-state index in [1.165, 1.54) is 16.8 Å². The minimum Gasteiger partial charge on any atom is -0.479 e. The number of carboxylic acids is 2. The van der Waals surface area contributed by atoms with Crippen LogP contribution in [-0.4, -0.2) is 74.7 Å². The number of nitrogens with zero attached hydrogens (tertiary/aromatic N) is 2. The Balaban J connectivity index is 0.000000291. The van der Waals surface area contributed by atoms with E-state index >= 15 is 0 Å². The second-order valence-corrected chi connectivity index (χ2v) is 7.19. The molecule has 0 amide bonds. The minimum absolute atomic E-state index is 0.423. The van der Waals surface area contributed by atoms with E-state index in [1.807, 2.05) is 13.1 Å². The van der Waals surface area contributed by atoms with Gasteiger partial charge in [0, 0.05) is 31.5 Å². The van der Waals surface area contributed by atoms with Crippen molar-refractivity contribution in [1.82, 2.24) is 15.3 Å². The van der Waals surface area contributed by atoms with Crippen LogP contribution < -0.4 is 10.6 Å². The van der Waals surface area contributed by atoms with Crippen LogP contribution in [0, 0.1) is 0 Å². The van der Waals surface area contributed by atoms with Crippen LogP contribution in [0.1, 0.15) is 35.5 Å². The molecule has 0 saturated heterocycles. The van der Waals surface area contributed by atoms with Crippen molar-refractivity contribution in [3.63, 3.8) is 0 Å². The Morgan fingerprint density at radius 3 is 2.29 bits per heavy atom. The van der Waals surface area contributed by atoms with Crippen molar-refractivity contribution in [3.05, 3.63) is 53.0 Å². The number of carboxylic acid groups (broad SMARTS) is 2. The van der Waals surface area contributed by atoms with E-state index in [4.69, 9.17) is 30.4 Å². The van der Waals surface area contributed by atoms with Gasteiger partial charge in [-0.3, -0.25) is 0 Å². The molecule has 0 saturated carbocycles. The second-order valence-electron chi connectivity index (χ2n) is 7.19. The number of aliphatic carboxylic acids is 2. The molecular weight excluding hydrogens is 404 g/mol. The Bertz CT molecular complexity index is 875. The van der Waals surface area contributed by atoms with Crippen LogP contribution >= 0.6 is 0 Å². The number of aliphatic hydroxyl groups is 2. The van der Waals surface area contributed by atoms with E-state index in [9.17, 15) is 9.59 Å². The summed E-state index contributed by atoms with van der Waals surface area (Å²) in [5.74, 6) is -1.23. The van der Waals surface area contributed by atoms with Gasteiger partial charge in [0.25, 0.3) is 0 Å². The van der Waals surface area contributed by atoms with Gasteiger partial charge < -0.3 is 31.1 Å². The van der Waals surface area contributed by atoms with Gasteiger partial charge in [-0.25, -0.2) is 19.6 Å². The summed E-state index contributed by atoms with van der Waals surface area (Å²) in [6.45, 7) is 4.21. The van der Waals surface area contributed by atoms with E-state index in [0.29, 0.717) is 5.92 Å². The Hall–Kier alpha value is -3.08. The quantitative estimate of drug-likeness (QED) is 0.372. The van der Waals surface area contributed by atoms with Crippen molar-refractivity contribution in [2.75, 3.05) is 25.5 Å². The van der Waals surface area contributed by atoms with Crippen LogP contribution in [0.3, 0.4) is 0 Å². The Kier molecular flexibility index (Phi) is 8.86. The summed E-state index contributed by atoms with van der Waals surface area (Å²) < 4.78 is 0. The first-order chi connectivity index (χ1) is 14.7. The molecule has 2 heterocycles. The summed E-state index contributed by atoms with van der Waals surface area (Å²) in [7, 11) is 1.94. The van der Waals surface area contributed by atoms with E-state index in [-0.39, 0.29) is 0 Å². The summed E-state index contributed by atoms with van der Waals surface area (Å²) in [6.07, 6.45) is -2.76. The second kappa shape index (κ2) is 11.3. The molecule has 10 nitrogen and oxygen atoms in total. The molecule has 1 aliphatic heterocycles. The Morgan fingerprint density at radius 1 is 1.13 bits per heavy atom. The van der Waals surface area contributed by atoms with Gasteiger partial charge in [0.1, 0.15) is 11.6 Å². The van der Waals surface area contributed by atoms with Gasteiger partial charge in [-0.2, -0.15) is 0 Å². The number of nitrogens with one attached hydrogen (secondary N) is 2. The summed E-state index contributed by atoms with van der Waals surface area (Å²) in [6, 6.07) is 10.4. The molecule has 168 valence electrons. The van der Waals surface area contributed by atoms with Gasteiger partial charge in [-0.1, -0.05) is 37.3 Å². The molecule has 6 N–H and O–H groups in total. The van der Waals surface area contributed by atoms with Crippen molar-refractivity contribution in [1.29, 1.82) is 0 Å². The van der Waals surface area contributed by atoms with Crippen LogP contribution in [-0.2, 0) is 22.4 Å². The molecule has 1 aliphatic rings. The highest BCUT2D eigenvalue weighted by Crippen LogP contribution is 2.26. The smallest absolute Gasteiger partial charge is 0.335 e. The van der Waals surface area contributed by atoms with Gasteiger partial charge in [-0.05, 0) is 18.5 Å². The standard InChI is InChI=1S/C17H22N4.C4H6O6/c1-12-11-19-9-8-14-16(12)20-15(21-17(14)18-2)10-13-6-4-3-5-7-13;5-1(3(7)8)2(6)4(9)10/h3-7,12,19H,8-11H2,1-2H3,(H,18,20,21);1-2,5-6H,(H,7,8)(H,9,10)/t12-;/m0./s1. The number of rotatable bonds is 6. The van der Waals surface area contributed by atoms with Gasteiger partial charge in [0.15, 0.2) is 12.2 Å². The highest BCUT2D eigenvalue weighted by Gasteiger charge is 2.29. The highest BCUT2D eigenvalue weighted by molar-refractivity contribution is 5.83. The van der Waals surface area contributed by atoms with E-state index in [1.54, 1.807) is 0 Å². The van der Waals surface area contributed by atoms with E-state index < -0.39 is 24.1 Å². The number of anilines is 1. The van der Waals surface area contributed by atoms with Crippen molar-refractivity contribution < 1.29 is 30.0 Å². The van der Waals surface area contributed by atoms with Gasteiger partial charge in [0.2, 0.25) is 0 Å². The lowest BCUT2D eigenvalue weighted by Crippen LogP contribution is -2.39. The van der Waals surface area contributed by atoms with Gasteiger partial charge in [-0.15, -0.1) is 0 Å². The normalized spacial score (nSPS) is 17.2. The molecule has 3 rings (SSSR count). The lowest BCUT2D eigenvalue weighted by atomic mass is 10.0. The topological polar surface area (TPSA) is 165 Å². The van der Waals surface area contributed by atoms with Crippen molar-refractivity contribution in [3.8, 4) is 0 Å². The maximum Gasteiger partial charge on any atom is 0.335 e. The summed E-state index contributed by atoms with van der Waals surface area (Å²) in [5.41, 5.74) is 3.72. The molecule has 0 aliphatic carbocycles. The maximum absolute atomic E-state index is 9.77. The molecule has 0 fully saturated rings. The fourth-order valence-corrected chi connectivity index (χ4v) is 3.17. The predicted octanol–water partition coefficient (Wildman–Crippen LogP) is 0.236. The average Bonchev–Trinajstić information content (AvgIpc) is 2.94. The number of hydrogen-bond donors (Lipinski definition) is 6. The Labute approximate surface area is 180 Å². The fraction of sp³-hybridized carbons (Fsp3) is 0.429. The third-order valence-corrected chi connectivity index (χ3v) is 4.80. The maximum atomic E-state index is 9.77. The van der Waals surface area contributed by atoms with Crippen LogP contribution in [0.15, 0.2) is 30.3 Å². The number of aliphatic hydroxyl groups excluding tert-OH is 2. The molecule has 0 bridgehead atoms. The van der Waals surface area contributed by atoms with Crippen LogP contribution in [0.5, 0.6) is 0 Å². The molecule has 0 radical (unpaired) electrons. The third-order valence-electron chi connectivity index (χ3n) is 4.80. The predicted molar refractivity (Wildman–Crippen MR) is 113 cm³/mol. The summed E-state index contributed by atoms with van der Waals surface area (Å²) in [4.78, 5) is 29.1. The number of carbonyl (C=O) groups is 2. The van der Waals surface area contributed by atoms with E-state index in [0.717, 1.165) is 37.6 Å². The average molecular weight is 432 g/mol. The number of benzene rings is 1. The van der Waals surface area contributed by atoms with Crippen molar-refractivity contribution in [2.24, 2.45) is 0 Å². The lowest BCUT2D eigenvalue weighted by molar-refractivity contribution is -0.165. The van der Waals surface area contributed by atoms with E-state index in [2.05, 4.69) is 41.8 Å². The van der Waals surface area contributed by atoms with Crippen LogP contribution in [0.4, 0.5) is 5.82 Å².